The maximum absolute atomic E-state index is 12.8. The van der Waals surface area contributed by atoms with Crippen LogP contribution in [0.1, 0.15) is 37.4 Å². The summed E-state index contributed by atoms with van der Waals surface area (Å²) < 4.78 is 10.9. The normalized spacial score (nSPS) is 14.3. The standard InChI is InChI=1S/C23H30N2O4S/c1-16(2)25(17(3)4)21(26)15-29-23(27)20-14-19(18-8-6-5-7-9-18)22(30-20)24-10-12-28-13-11-24/h5-9,14,16-17H,10-13,15H2,1-4H3. The zero-order chi connectivity index (χ0) is 21.7. The van der Waals surface area contributed by atoms with E-state index in [1.807, 2.05) is 64.1 Å². The number of morpholine rings is 1. The van der Waals surface area contributed by atoms with Gasteiger partial charge in [0.2, 0.25) is 0 Å². The molecule has 1 aliphatic heterocycles. The van der Waals surface area contributed by atoms with E-state index in [1.54, 1.807) is 4.90 Å². The molecular weight excluding hydrogens is 400 g/mol. The van der Waals surface area contributed by atoms with Gasteiger partial charge in [-0.3, -0.25) is 4.79 Å². The first kappa shape index (κ1) is 22.3. The zero-order valence-electron chi connectivity index (χ0n) is 18.1. The molecule has 1 saturated heterocycles. The van der Waals surface area contributed by atoms with Crippen LogP contribution in [0.2, 0.25) is 0 Å². The summed E-state index contributed by atoms with van der Waals surface area (Å²) in [6.07, 6.45) is 0. The van der Waals surface area contributed by atoms with E-state index in [0.717, 1.165) is 29.2 Å². The largest absolute Gasteiger partial charge is 0.451 e. The molecule has 1 fully saturated rings. The average Bonchev–Trinajstić information content (AvgIpc) is 3.18. The van der Waals surface area contributed by atoms with Gasteiger partial charge in [0.1, 0.15) is 4.88 Å². The fourth-order valence-corrected chi connectivity index (χ4v) is 4.88. The highest BCUT2D eigenvalue weighted by molar-refractivity contribution is 7.18. The van der Waals surface area contributed by atoms with E-state index in [4.69, 9.17) is 9.47 Å². The summed E-state index contributed by atoms with van der Waals surface area (Å²) in [5.74, 6) is -0.640. The molecule has 1 aromatic heterocycles. The van der Waals surface area contributed by atoms with Crippen LogP contribution in [0, 0.1) is 0 Å². The van der Waals surface area contributed by atoms with E-state index in [2.05, 4.69) is 4.90 Å². The van der Waals surface area contributed by atoms with Gasteiger partial charge in [-0.2, -0.15) is 0 Å². The number of benzene rings is 1. The number of hydrogen-bond donors (Lipinski definition) is 0. The van der Waals surface area contributed by atoms with E-state index in [-0.39, 0.29) is 24.6 Å². The third-order valence-electron chi connectivity index (χ3n) is 5.02. The molecule has 30 heavy (non-hydrogen) atoms. The Labute approximate surface area is 182 Å². The number of carbonyl (C=O) groups is 2. The van der Waals surface area contributed by atoms with Crippen LogP contribution in [0.15, 0.2) is 36.4 Å². The summed E-state index contributed by atoms with van der Waals surface area (Å²) in [5.41, 5.74) is 2.06. The number of carbonyl (C=O) groups excluding carboxylic acids is 2. The zero-order valence-corrected chi connectivity index (χ0v) is 18.9. The molecule has 7 heteroatoms. The average molecular weight is 431 g/mol. The van der Waals surface area contributed by atoms with Gasteiger partial charge in [-0.15, -0.1) is 11.3 Å². The Morgan fingerprint density at radius 1 is 1.10 bits per heavy atom. The minimum absolute atomic E-state index is 0.0514. The number of thiophene rings is 1. The van der Waals surface area contributed by atoms with Crippen molar-refractivity contribution < 1.29 is 19.1 Å². The molecule has 0 aliphatic carbocycles. The minimum Gasteiger partial charge on any atom is -0.451 e. The second-order valence-electron chi connectivity index (χ2n) is 7.86. The molecule has 0 unspecified atom stereocenters. The predicted octanol–water partition coefficient (Wildman–Crippen LogP) is 4.05. The van der Waals surface area contributed by atoms with Crippen molar-refractivity contribution in [2.45, 2.75) is 39.8 Å². The lowest BCUT2D eigenvalue weighted by Crippen LogP contribution is -2.44. The van der Waals surface area contributed by atoms with E-state index in [0.29, 0.717) is 18.1 Å². The highest BCUT2D eigenvalue weighted by Gasteiger charge is 2.25. The molecule has 0 atom stereocenters. The Morgan fingerprint density at radius 3 is 2.33 bits per heavy atom. The van der Waals surface area contributed by atoms with Crippen LogP contribution in [-0.4, -0.2) is 61.8 Å². The molecule has 0 N–H and O–H groups in total. The van der Waals surface area contributed by atoms with Crippen LogP contribution in [0.3, 0.4) is 0 Å². The van der Waals surface area contributed by atoms with Gasteiger partial charge in [-0.1, -0.05) is 30.3 Å². The molecule has 1 aliphatic rings. The number of nitrogens with zero attached hydrogens (tertiary/aromatic N) is 2. The van der Waals surface area contributed by atoms with Crippen LogP contribution >= 0.6 is 11.3 Å². The van der Waals surface area contributed by atoms with Crippen molar-refractivity contribution in [2.75, 3.05) is 37.8 Å². The molecule has 2 heterocycles. The number of hydrogen-bond acceptors (Lipinski definition) is 6. The summed E-state index contributed by atoms with van der Waals surface area (Å²) in [4.78, 5) is 29.8. The lowest BCUT2D eigenvalue weighted by molar-refractivity contribution is -0.138. The molecule has 1 aromatic carbocycles. The monoisotopic (exact) mass is 430 g/mol. The Morgan fingerprint density at radius 2 is 1.73 bits per heavy atom. The summed E-state index contributed by atoms with van der Waals surface area (Å²) >= 11 is 1.41. The van der Waals surface area contributed by atoms with Gasteiger partial charge in [-0.05, 0) is 39.3 Å². The highest BCUT2D eigenvalue weighted by Crippen LogP contribution is 2.39. The van der Waals surface area contributed by atoms with E-state index >= 15 is 0 Å². The Bertz CT molecular complexity index is 849. The molecule has 0 radical (unpaired) electrons. The Kier molecular flexibility index (Phi) is 7.50. The number of rotatable bonds is 7. The molecular formula is C23H30N2O4S. The van der Waals surface area contributed by atoms with Crippen molar-refractivity contribution in [3.63, 3.8) is 0 Å². The third-order valence-corrected chi connectivity index (χ3v) is 6.20. The lowest BCUT2D eigenvalue weighted by atomic mass is 10.1. The molecule has 3 rings (SSSR count). The molecule has 0 bridgehead atoms. The Balaban J connectivity index is 1.79. The first-order valence-electron chi connectivity index (χ1n) is 10.4. The quantitative estimate of drug-likeness (QED) is 0.620. The van der Waals surface area contributed by atoms with Crippen LogP contribution in [0.25, 0.3) is 11.1 Å². The van der Waals surface area contributed by atoms with Crippen LogP contribution in [0.4, 0.5) is 5.00 Å². The van der Waals surface area contributed by atoms with Gasteiger partial charge in [0.25, 0.3) is 5.91 Å². The fourth-order valence-electron chi connectivity index (χ4n) is 3.75. The third kappa shape index (κ3) is 5.21. The Hall–Kier alpha value is -2.38. The maximum atomic E-state index is 12.8. The number of ether oxygens (including phenoxy) is 2. The van der Waals surface area contributed by atoms with Crippen molar-refractivity contribution in [1.29, 1.82) is 0 Å². The predicted molar refractivity (Wildman–Crippen MR) is 120 cm³/mol. The minimum atomic E-state index is -0.461. The first-order chi connectivity index (χ1) is 14.4. The summed E-state index contributed by atoms with van der Waals surface area (Å²) in [6.45, 7) is 10.5. The topological polar surface area (TPSA) is 59.1 Å². The number of esters is 1. The number of anilines is 1. The van der Waals surface area contributed by atoms with Gasteiger partial charge in [0, 0.05) is 30.7 Å². The molecule has 1 amide bonds. The van der Waals surface area contributed by atoms with Gasteiger partial charge in [0.05, 0.1) is 18.2 Å². The van der Waals surface area contributed by atoms with Crippen LogP contribution in [-0.2, 0) is 14.3 Å². The molecule has 2 aromatic rings. The van der Waals surface area contributed by atoms with Gasteiger partial charge < -0.3 is 19.3 Å². The first-order valence-corrected chi connectivity index (χ1v) is 11.2. The van der Waals surface area contributed by atoms with Crippen molar-refractivity contribution in [1.82, 2.24) is 4.90 Å². The molecule has 0 spiro atoms. The van der Waals surface area contributed by atoms with Crippen LogP contribution in [0.5, 0.6) is 0 Å². The highest BCUT2D eigenvalue weighted by atomic mass is 32.1. The molecule has 162 valence electrons. The number of amides is 1. The fraction of sp³-hybridized carbons (Fsp3) is 0.478. The van der Waals surface area contributed by atoms with Crippen molar-refractivity contribution in [3.05, 3.63) is 41.3 Å². The smallest absolute Gasteiger partial charge is 0.348 e. The van der Waals surface area contributed by atoms with E-state index in [1.165, 1.54) is 11.3 Å². The van der Waals surface area contributed by atoms with Crippen molar-refractivity contribution in [3.8, 4) is 11.1 Å². The van der Waals surface area contributed by atoms with E-state index < -0.39 is 5.97 Å². The summed E-state index contributed by atoms with van der Waals surface area (Å²) in [5, 5.41) is 1.04. The molecule has 0 saturated carbocycles. The summed E-state index contributed by atoms with van der Waals surface area (Å²) in [7, 11) is 0. The second-order valence-corrected chi connectivity index (χ2v) is 8.89. The molecule has 6 nitrogen and oxygen atoms in total. The van der Waals surface area contributed by atoms with Crippen LogP contribution < -0.4 is 4.90 Å². The maximum Gasteiger partial charge on any atom is 0.348 e. The second kappa shape index (κ2) is 10.1. The summed E-state index contributed by atoms with van der Waals surface area (Å²) in [6, 6.07) is 12.0. The van der Waals surface area contributed by atoms with Gasteiger partial charge in [0.15, 0.2) is 6.61 Å². The van der Waals surface area contributed by atoms with Gasteiger partial charge in [-0.25, -0.2) is 4.79 Å². The van der Waals surface area contributed by atoms with Gasteiger partial charge >= 0.3 is 5.97 Å². The SMILES string of the molecule is CC(C)N(C(=O)COC(=O)c1cc(-c2ccccc2)c(N2CCOCC2)s1)C(C)C. The van der Waals surface area contributed by atoms with E-state index in [9.17, 15) is 9.59 Å². The van der Waals surface area contributed by atoms with Crippen molar-refractivity contribution >= 4 is 28.2 Å². The lowest BCUT2D eigenvalue weighted by Gasteiger charge is -2.30. The van der Waals surface area contributed by atoms with Crippen molar-refractivity contribution in [2.24, 2.45) is 0 Å².